The van der Waals surface area contributed by atoms with Crippen LogP contribution in [0.3, 0.4) is 0 Å². The smallest absolute Gasteiger partial charge is 0.147 e. The van der Waals surface area contributed by atoms with Crippen molar-refractivity contribution in [3.05, 3.63) is 0 Å². The van der Waals surface area contributed by atoms with Crippen LogP contribution in [-0.2, 0) is 0 Å². The Balaban J connectivity index is 2.19. The number of rotatable bonds is 1. The van der Waals surface area contributed by atoms with Gasteiger partial charge in [-0.2, -0.15) is 4.41 Å². The first kappa shape index (κ1) is 7.27. The number of thiocarbonyl (C=S) groups is 1. The maximum Gasteiger partial charge on any atom is 0.147 e. The number of nitrogens with two attached hydrogens (primary N) is 1. The van der Waals surface area contributed by atoms with Crippen LogP contribution in [0.4, 0.5) is 0 Å². The second kappa shape index (κ2) is 3.36. The van der Waals surface area contributed by atoms with E-state index in [1.165, 1.54) is 18.4 Å². The van der Waals surface area contributed by atoms with Crippen LogP contribution in [0.5, 0.6) is 0 Å². The molecule has 0 aromatic rings. The van der Waals surface area contributed by atoms with Crippen molar-refractivity contribution in [2.24, 2.45) is 5.73 Å². The van der Waals surface area contributed by atoms with E-state index in [1.54, 1.807) is 0 Å². The average Bonchev–Trinajstić information content (AvgIpc) is 2.15. The van der Waals surface area contributed by atoms with Crippen LogP contribution in [0, 0.1) is 0 Å². The molecule has 0 spiro atoms. The molecule has 0 aromatic heterocycles. The lowest BCUT2D eigenvalue weighted by Crippen LogP contribution is -2.26. The molecule has 52 valence electrons. The van der Waals surface area contributed by atoms with Gasteiger partial charge in [0.25, 0.3) is 0 Å². The summed E-state index contributed by atoms with van der Waals surface area (Å²) in [5.74, 6) is 0. The monoisotopic (exact) mass is 163 g/mol. The number of hydrazine groups is 1. The van der Waals surface area contributed by atoms with Crippen LogP contribution < -0.4 is 11.2 Å². The number of nitrogens with zero attached hydrogens (tertiary/aromatic N) is 1. The van der Waals surface area contributed by atoms with Gasteiger partial charge in [0, 0.05) is 25.0 Å². The zero-order chi connectivity index (χ0) is 6.69. The van der Waals surface area contributed by atoms with Gasteiger partial charge in [-0.25, -0.2) is 5.43 Å². The highest BCUT2D eigenvalue weighted by Gasteiger charge is 2.11. The van der Waals surface area contributed by atoms with Gasteiger partial charge in [-0.3, -0.25) is 0 Å². The van der Waals surface area contributed by atoms with Crippen LogP contribution in [0.15, 0.2) is 0 Å². The normalized spacial score (nSPS) is 20.4. The summed E-state index contributed by atoms with van der Waals surface area (Å²) >= 11 is 6.08. The number of nitrogens with one attached hydrogen (secondary N) is 1. The van der Waals surface area contributed by atoms with Crippen molar-refractivity contribution in [2.75, 3.05) is 13.1 Å². The molecule has 1 rings (SSSR count). The van der Waals surface area contributed by atoms with E-state index in [0.717, 1.165) is 13.1 Å². The zero-order valence-electron chi connectivity index (χ0n) is 4.96. The van der Waals surface area contributed by atoms with E-state index in [2.05, 4.69) is 5.43 Å². The highest BCUT2D eigenvalue weighted by molar-refractivity contribution is 8.21. The maximum absolute atomic E-state index is 5.28. The van der Waals surface area contributed by atoms with Crippen molar-refractivity contribution in [1.82, 2.24) is 9.84 Å². The standard InChI is InChI=1S/C4H9N3S2/c5-4(8)9-7-3-1-2-6-7/h6H,1-3H2,(H2,5,8). The van der Waals surface area contributed by atoms with Crippen molar-refractivity contribution in [3.8, 4) is 0 Å². The molecule has 0 aliphatic carbocycles. The predicted molar refractivity (Wildman–Crippen MR) is 43.7 cm³/mol. The number of hydrogen-bond donors (Lipinski definition) is 2. The minimum atomic E-state index is 0.476. The first-order chi connectivity index (χ1) is 4.29. The molecule has 3 N–H and O–H groups in total. The number of hydrogen-bond acceptors (Lipinski definition) is 4. The van der Waals surface area contributed by atoms with E-state index < -0.39 is 0 Å². The van der Waals surface area contributed by atoms with Gasteiger partial charge in [-0.05, 0) is 6.42 Å². The Morgan fingerprint density at radius 2 is 2.56 bits per heavy atom. The highest BCUT2D eigenvalue weighted by Crippen LogP contribution is 2.10. The lowest BCUT2D eigenvalue weighted by Gasteiger charge is -2.10. The van der Waals surface area contributed by atoms with Gasteiger partial charge in [-0.15, -0.1) is 0 Å². The molecule has 0 bridgehead atoms. The van der Waals surface area contributed by atoms with Crippen LogP contribution in [0.25, 0.3) is 0 Å². The molecule has 0 aromatic carbocycles. The van der Waals surface area contributed by atoms with Gasteiger partial charge in [0.2, 0.25) is 0 Å². The molecule has 5 heteroatoms. The molecule has 0 atom stereocenters. The third kappa shape index (κ3) is 2.49. The topological polar surface area (TPSA) is 41.3 Å². The van der Waals surface area contributed by atoms with Gasteiger partial charge in [-0.1, -0.05) is 12.2 Å². The lowest BCUT2D eigenvalue weighted by molar-refractivity contribution is 0.464. The third-order valence-corrected chi connectivity index (χ3v) is 1.96. The largest absolute Gasteiger partial charge is 0.384 e. The molecular formula is C4H9N3S2. The summed E-state index contributed by atoms with van der Waals surface area (Å²) in [7, 11) is 0. The quantitative estimate of drug-likeness (QED) is 0.423. The van der Waals surface area contributed by atoms with Crippen molar-refractivity contribution >= 4 is 28.5 Å². The van der Waals surface area contributed by atoms with E-state index in [1.807, 2.05) is 4.41 Å². The van der Waals surface area contributed by atoms with E-state index in [0.29, 0.717) is 4.32 Å². The van der Waals surface area contributed by atoms with E-state index >= 15 is 0 Å². The molecule has 0 amide bonds. The second-order valence-corrected chi connectivity index (χ2v) is 3.54. The fraction of sp³-hybridized carbons (Fsp3) is 0.750. The zero-order valence-corrected chi connectivity index (χ0v) is 6.60. The van der Waals surface area contributed by atoms with Crippen molar-refractivity contribution in [2.45, 2.75) is 6.42 Å². The molecule has 1 aliphatic rings. The summed E-state index contributed by atoms with van der Waals surface area (Å²) in [4.78, 5) is 0. The summed E-state index contributed by atoms with van der Waals surface area (Å²) in [5, 5.41) is 0. The Bertz CT molecular complexity index is 110. The van der Waals surface area contributed by atoms with Crippen LogP contribution in [-0.4, -0.2) is 21.8 Å². The first-order valence-electron chi connectivity index (χ1n) is 2.77. The second-order valence-electron chi connectivity index (χ2n) is 1.77. The minimum absolute atomic E-state index is 0.476. The Hall–Kier alpha value is 0.160. The predicted octanol–water partition coefficient (Wildman–Crippen LogP) is 0.0885. The van der Waals surface area contributed by atoms with E-state index in [-0.39, 0.29) is 0 Å². The molecule has 1 fully saturated rings. The molecule has 0 unspecified atom stereocenters. The van der Waals surface area contributed by atoms with Crippen molar-refractivity contribution < 1.29 is 0 Å². The van der Waals surface area contributed by atoms with Crippen LogP contribution in [0.2, 0.25) is 0 Å². The summed E-state index contributed by atoms with van der Waals surface area (Å²) < 4.78 is 2.44. The molecule has 0 radical (unpaired) electrons. The average molecular weight is 163 g/mol. The fourth-order valence-corrected chi connectivity index (χ4v) is 1.56. The van der Waals surface area contributed by atoms with Gasteiger partial charge >= 0.3 is 0 Å². The Morgan fingerprint density at radius 1 is 1.78 bits per heavy atom. The molecule has 0 saturated carbocycles. The molecule has 9 heavy (non-hydrogen) atoms. The Morgan fingerprint density at radius 3 is 3.00 bits per heavy atom. The van der Waals surface area contributed by atoms with Crippen LogP contribution >= 0.6 is 24.2 Å². The third-order valence-electron chi connectivity index (χ3n) is 1.03. The van der Waals surface area contributed by atoms with E-state index in [9.17, 15) is 0 Å². The summed E-state index contributed by atoms with van der Waals surface area (Å²) in [5.41, 5.74) is 8.40. The summed E-state index contributed by atoms with van der Waals surface area (Å²) in [6.07, 6.45) is 1.18. The first-order valence-corrected chi connectivity index (χ1v) is 3.95. The molecule has 1 saturated heterocycles. The Kier molecular flexibility index (Phi) is 2.71. The van der Waals surface area contributed by atoms with Gasteiger partial charge in [0.15, 0.2) is 0 Å². The summed E-state index contributed by atoms with van der Waals surface area (Å²) in [6.45, 7) is 2.07. The molecular weight excluding hydrogens is 154 g/mol. The Labute approximate surface area is 64.1 Å². The van der Waals surface area contributed by atoms with Gasteiger partial charge in [0.1, 0.15) is 4.32 Å². The van der Waals surface area contributed by atoms with Crippen molar-refractivity contribution in [3.63, 3.8) is 0 Å². The summed E-state index contributed by atoms with van der Waals surface area (Å²) in [6, 6.07) is 0. The highest BCUT2D eigenvalue weighted by atomic mass is 32.2. The lowest BCUT2D eigenvalue weighted by atomic mass is 10.5. The molecule has 1 heterocycles. The van der Waals surface area contributed by atoms with Crippen LogP contribution in [0.1, 0.15) is 6.42 Å². The van der Waals surface area contributed by atoms with Gasteiger partial charge in [0.05, 0.1) is 0 Å². The van der Waals surface area contributed by atoms with Crippen molar-refractivity contribution in [1.29, 1.82) is 0 Å². The minimum Gasteiger partial charge on any atom is -0.384 e. The fourth-order valence-electron chi connectivity index (χ4n) is 0.692. The maximum atomic E-state index is 5.28. The van der Waals surface area contributed by atoms with E-state index in [4.69, 9.17) is 18.0 Å². The van der Waals surface area contributed by atoms with Gasteiger partial charge < -0.3 is 5.73 Å². The molecule has 3 nitrogen and oxygen atoms in total. The molecule has 1 aliphatic heterocycles. The SMILES string of the molecule is NC(=S)SN1CCCN1.